The van der Waals surface area contributed by atoms with Crippen LogP contribution in [0.2, 0.25) is 0 Å². The first kappa shape index (κ1) is 13.6. The zero-order chi connectivity index (χ0) is 12.8. The predicted molar refractivity (Wildman–Crippen MR) is 60.8 cm³/mol. The highest BCUT2D eigenvalue weighted by atomic mass is 19.2. The van der Waals surface area contributed by atoms with E-state index >= 15 is 0 Å². The topological polar surface area (TPSA) is 12.0 Å². The summed E-state index contributed by atoms with van der Waals surface area (Å²) in [6, 6.07) is 1.59. The van der Waals surface area contributed by atoms with Crippen molar-refractivity contribution in [2.75, 3.05) is 6.54 Å². The number of hydrogen-bond donors (Lipinski definition) is 1. The molecule has 1 nitrogen and oxygen atoms in total. The summed E-state index contributed by atoms with van der Waals surface area (Å²) in [5.41, 5.74) is 0.327. The molecular formula is C13H14F3N. The third kappa shape index (κ3) is 3.50. The first-order chi connectivity index (χ1) is 8.10. The molecule has 1 atom stereocenters. The van der Waals surface area contributed by atoms with E-state index in [1.54, 1.807) is 0 Å². The van der Waals surface area contributed by atoms with Crippen molar-refractivity contribution in [2.45, 2.75) is 25.8 Å². The van der Waals surface area contributed by atoms with Crippen LogP contribution in [0.15, 0.2) is 12.1 Å². The van der Waals surface area contributed by atoms with Gasteiger partial charge in [-0.2, -0.15) is 0 Å². The maximum atomic E-state index is 13.1. The van der Waals surface area contributed by atoms with E-state index in [2.05, 4.69) is 11.2 Å². The minimum absolute atomic E-state index is 0.296. The van der Waals surface area contributed by atoms with Gasteiger partial charge in [-0.1, -0.05) is 6.92 Å². The maximum Gasteiger partial charge on any atom is 0.194 e. The lowest BCUT2D eigenvalue weighted by Gasteiger charge is -2.16. The summed E-state index contributed by atoms with van der Waals surface area (Å²) in [7, 11) is 0. The van der Waals surface area contributed by atoms with Crippen LogP contribution in [0.1, 0.15) is 31.4 Å². The van der Waals surface area contributed by atoms with Gasteiger partial charge in [0.1, 0.15) is 0 Å². The standard InChI is InChI=1S/C13H14F3N/c1-3-5-12(17-6-4-2)9-7-10(14)13(16)11(15)8-9/h1,7-8,12,17H,4-6H2,2H3. The summed E-state index contributed by atoms with van der Waals surface area (Å²) >= 11 is 0. The minimum Gasteiger partial charge on any atom is -0.309 e. The molecule has 1 N–H and O–H groups in total. The van der Waals surface area contributed by atoms with Crippen molar-refractivity contribution >= 4 is 0 Å². The van der Waals surface area contributed by atoms with E-state index in [-0.39, 0.29) is 6.04 Å². The van der Waals surface area contributed by atoms with Gasteiger partial charge in [0, 0.05) is 12.5 Å². The summed E-state index contributed by atoms with van der Waals surface area (Å²) in [6.07, 6.45) is 6.36. The molecule has 17 heavy (non-hydrogen) atoms. The van der Waals surface area contributed by atoms with Gasteiger partial charge in [-0.25, -0.2) is 13.2 Å². The van der Waals surface area contributed by atoms with Crippen LogP contribution in [-0.4, -0.2) is 6.54 Å². The Balaban J connectivity index is 2.98. The molecule has 0 heterocycles. The van der Waals surface area contributed by atoms with E-state index in [1.807, 2.05) is 6.92 Å². The average molecular weight is 241 g/mol. The van der Waals surface area contributed by atoms with Gasteiger partial charge in [-0.3, -0.25) is 0 Å². The normalized spacial score (nSPS) is 12.2. The van der Waals surface area contributed by atoms with E-state index < -0.39 is 17.5 Å². The predicted octanol–water partition coefficient (Wildman–Crippen LogP) is 3.17. The Bertz CT molecular complexity index is 400. The van der Waals surface area contributed by atoms with E-state index in [0.29, 0.717) is 18.5 Å². The van der Waals surface area contributed by atoms with E-state index in [4.69, 9.17) is 6.42 Å². The third-order valence-electron chi connectivity index (χ3n) is 2.37. The molecule has 0 aliphatic carbocycles. The molecule has 1 unspecified atom stereocenters. The summed E-state index contributed by atoms with van der Waals surface area (Å²) < 4.78 is 38.9. The lowest BCUT2D eigenvalue weighted by Crippen LogP contribution is -2.22. The van der Waals surface area contributed by atoms with Crippen molar-refractivity contribution in [1.82, 2.24) is 5.32 Å². The second-order valence-electron chi connectivity index (χ2n) is 3.71. The fraction of sp³-hybridized carbons (Fsp3) is 0.385. The molecule has 0 bridgehead atoms. The van der Waals surface area contributed by atoms with Crippen molar-refractivity contribution in [1.29, 1.82) is 0 Å². The molecule has 0 amide bonds. The number of terminal acetylenes is 1. The zero-order valence-corrected chi connectivity index (χ0v) is 9.56. The van der Waals surface area contributed by atoms with Crippen LogP contribution in [0, 0.1) is 29.8 Å². The number of benzene rings is 1. The molecule has 1 rings (SSSR count). The quantitative estimate of drug-likeness (QED) is 0.616. The van der Waals surface area contributed by atoms with Crippen molar-refractivity contribution in [3.63, 3.8) is 0 Å². The monoisotopic (exact) mass is 241 g/mol. The van der Waals surface area contributed by atoms with Gasteiger partial charge in [0.15, 0.2) is 17.5 Å². The van der Waals surface area contributed by atoms with Gasteiger partial charge >= 0.3 is 0 Å². The van der Waals surface area contributed by atoms with Crippen molar-refractivity contribution in [3.05, 3.63) is 35.1 Å². The van der Waals surface area contributed by atoms with E-state index in [0.717, 1.165) is 18.6 Å². The number of halogens is 3. The minimum atomic E-state index is -1.45. The van der Waals surface area contributed by atoms with Crippen LogP contribution in [-0.2, 0) is 0 Å². The zero-order valence-electron chi connectivity index (χ0n) is 9.56. The highest BCUT2D eigenvalue weighted by Crippen LogP contribution is 2.21. The average Bonchev–Trinajstić information content (AvgIpc) is 2.31. The summed E-state index contributed by atoms with van der Waals surface area (Å²) in [5.74, 6) is -1.42. The smallest absolute Gasteiger partial charge is 0.194 e. The Kier molecular flexibility index (Phi) is 5.05. The second kappa shape index (κ2) is 6.31. The van der Waals surface area contributed by atoms with E-state index in [9.17, 15) is 13.2 Å². The molecule has 0 saturated carbocycles. The van der Waals surface area contributed by atoms with Crippen LogP contribution in [0.25, 0.3) is 0 Å². The second-order valence-corrected chi connectivity index (χ2v) is 3.71. The first-order valence-electron chi connectivity index (χ1n) is 5.41. The molecule has 0 aliphatic heterocycles. The highest BCUT2D eigenvalue weighted by Gasteiger charge is 2.16. The molecule has 1 aromatic rings. The van der Waals surface area contributed by atoms with Crippen molar-refractivity contribution < 1.29 is 13.2 Å². The molecule has 0 radical (unpaired) electrons. The fourth-order valence-electron chi connectivity index (χ4n) is 1.52. The van der Waals surface area contributed by atoms with Gasteiger partial charge in [-0.05, 0) is 30.7 Å². The van der Waals surface area contributed by atoms with Crippen LogP contribution >= 0.6 is 0 Å². The molecule has 4 heteroatoms. The highest BCUT2D eigenvalue weighted by molar-refractivity contribution is 5.23. The van der Waals surface area contributed by atoms with Crippen LogP contribution in [0.3, 0.4) is 0 Å². The first-order valence-corrected chi connectivity index (χ1v) is 5.41. The Morgan fingerprint density at radius 2 is 1.88 bits per heavy atom. The van der Waals surface area contributed by atoms with Gasteiger partial charge < -0.3 is 5.32 Å². The SMILES string of the molecule is C#CCC(NCCC)c1cc(F)c(F)c(F)c1. The molecule has 0 fully saturated rings. The molecule has 1 aromatic carbocycles. The number of hydrogen-bond acceptors (Lipinski definition) is 1. The Morgan fingerprint density at radius 1 is 1.29 bits per heavy atom. The van der Waals surface area contributed by atoms with Gasteiger partial charge in [0.2, 0.25) is 0 Å². The molecule has 0 spiro atoms. The van der Waals surface area contributed by atoms with Crippen LogP contribution in [0.4, 0.5) is 13.2 Å². The van der Waals surface area contributed by atoms with Crippen molar-refractivity contribution in [2.24, 2.45) is 0 Å². The third-order valence-corrected chi connectivity index (χ3v) is 2.37. The molecule has 92 valence electrons. The van der Waals surface area contributed by atoms with E-state index in [1.165, 1.54) is 0 Å². The van der Waals surface area contributed by atoms with Crippen LogP contribution in [0.5, 0.6) is 0 Å². The van der Waals surface area contributed by atoms with Gasteiger partial charge in [0.25, 0.3) is 0 Å². The molecule has 0 saturated heterocycles. The Hall–Kier alpha value is -1.47. The lowest BCUT2D eigenvalue weighted by molar-refractivity contribution is 0.439. The molecule has 0 aromatic heterocycles. The maximum absolute atomic E-state index is 13.1. The largest absolute Gasteiger partial charge is 0.309 e. The van der Waals surface area contributed by atoms with Gasteiger partial charge in [-0.15, -0.1) is 12.3 Å². The summed E-state index contributed by atoms with van der Waals surface area (Å²) in [4.78, 5) is 0. The van der Waals surface area contributed by atoms with Gasteiger partial charge in [0.05, 0.1) is 0 Å². The summed E-state index contributed by atoms with van der Waals surface area (Å²) in [5, 5.41) is 3.06. The Morgan fingerprint density at radius 3 is 2.35 bits per heavy atom. The Labute approximate surface area is 99.0 Å². The van der Waals surface area contributed by atoms with Crippen LogP contribution < -0.4 is 5.32 Å². The van der Waals surface area contributed by atoms with Crippen molar-refractivity contribution in [3.8, 4) is 12.3 Å². The lowest BCUT2D eigenvalue weighted by atomic mass is 10.0. The number of nitrogens with one attached hydrogen (secondary N) is 1. The molecular weight excluding hydrogens is 227 g/mol. The molecule has 0 aliphatic rings. The summed E-state index contributed by atoms with van der Waals surface area (Å²) in [6.45, 7) is 2.64. The number of rotatable bonds is 5. The fourth-order valence-corrected chi connectivity index (χ4v) is 1.52.